The van der Waals surface area contributed by atoms with Crippen LogP contribution in [0.1, 0.15) is 21.7 Å². The first-order valence-electron chi connectivity index (χ1n) is 1.81. The molecule has 0 saturated heterocycles. The molecule has 0 heterocycles. The van der Waals surface area contributed by atoms with Gasteiger partial charge in [-0.15, -0.1) is 11.8 Å². The molecule has 0 nitrogen and oxygen atoms in total. The molecule has 0 aliphatic carbocycles. The van der Waals surface area contributed by atoms with E-state index in [2.05, 4.69) is 11.8 Å². The zero-order valence-electron chi connectivity index (χ0n) is 4.71. The van der Waals surface area contributed by atoms with Gasteiger partial charge in [0.15, 0.2) is 0 Å². The van der Waals surface area contributed by atoms with Crippen LogP contribution in [0.3, 0.4) is 0 Å². The molecule has 5 heavy (non-hydrogen) atoms. The van der Waals surface area contributed by atoms with Gasteiger partial charge in [0.25, 0.3) is 0 Å². The van der Waals surface area contributed by atoms with Gasteiger partial charge in [0, 0.05) is 6.42 Å². The molecule has 0 radical (unpaired) electrons. The molecule has 0 aromatic rings. The van der Waals surface area contributed by atoms with E-state index in [4.69, 9.17) is 0 Å². The largest absolute Gasteiger partial charge is 1.00 e. The quantitative estimate of drug-likeness (QED) is 0.379. The highest BCUT2D eigenvalue weighted by atomic mass is 13.5. The lowest BCUT2D eigenvalue weighted by molar-refractivity contribution is 1.28. The van der Waals surface area contributed by atoms with Gasteiger partial charge in [0.1, 0.15) is 0 Å². The molecule has 0 amide bonds. The van der Waals surface area contributed by atoms with Crippen molar-refractivity contribution in [3.05, 3.63) is 0 Å². The Morgan fingerprint density at radius 3 is 2.40 bits per heavy atom. The second-order valence-electron chi connectivity index (χ2n) is 0.780. The summed E-state index contributed by atoms with van der Waals surface area (Å²) in [6.07, 6.45) is 0.983. The van der Waals surface area contributed by atoms with E-state index in [9.17, 15) is 0 Å². The van der Waals surface area contributed by atoms with Gasteiger partial charge in [-0.3, -0.25) is 0 Å². The fraction of sp³-hybridized carbons (Fsp3) is 0.600. The van der Waals surface area contributed by atoms with Crippen molar-refractivity contribution in [2.24, 2.45) is 0 Å². The number of hydrogen-bond acceptors (Lipinski definition) is 0. The molecule has 0 saturated carbocycles. The molecule has 0 fully saturated rings. The Balaban J connectivity index is 0. The first kappa shape index (κ1) is 4.56. The lowest BCUT2D eigenvalue weighted by Gasteiger charge is -1.58. The molecule has 0 aliphatic rings. The van der Waals surface area contributed by atoms with Gasteiger partial charge in [-0.05, 0) is 6.92 Å². The second kappa shape index (κ2) is 3.56. The van der Waals surface area contributed by atoms with E-state index in [1.165, 1.54) is 0 Å². The molecule has 0 N–H and O–H groups in total. The van der Waals surface area contributed by atoms with Crippen molar-refractivity contribution >= 4 is 0 Å². The maximum Gasteiger partial charge on any atom is 0.00601 e. The Morgan fingerprint density at radius 2 is 2.40 bits per heavy atom. The minimum absolute atomic E-state index is 0. The topological polar surface area (TPSA) is 0 Å². The normalized spacial score (nSPS) is 5.20. The molecule has 0 aromatic carbocycles. The van der Waals surface area contributed by atoms with Gasteiger partial charge >= 0.3 is 0 Å². The molecule has 0 spiro atoms. The maximum absolute atomic E-state index is 2.86. The predicted octanol–water partition coefficient (Wildman–Crippen LogP) is 1.53. The van der Waals surface area contributed by atoms with Crippen molar-refractivity contribution in [3.63, 3.8) is 0 Å². The Kier molecular flexibility index (Phi) is 3.25. The Labute approximate surface area is 34.7 Å². The third-order valence-corrected chi connectivity index (χ3v) is 0.354. The smallest absolute Gasteiger partial charge is 0.00601 e. The minimum atomic E-state index is 0. The summed E-state index contributed by atoms with van der Waals surface area (Å²) in [7, 11) is 0. The van der Waals surface area contributed by atoms with Gasteiger partial charge in [-0.25, -0.2) is 0 Å². The standard InChI is InChI=1S/C5H8.H/c1-3-5-4-2;/h3H2,1-2H3;/q;-1/i;1+1. The van der Waals surface area contributed by atoms with Crippen molar-refractivity contribution in [1.29, 1.82) is 0 Å². The summed E-state index contributed by atoms with van der Waals surface area (Å²) in [5.41, 5.74) is 0. The van der Waals surface area contributed by atoms with Crippen LogP contribution in [0, 0.1) is 11.8 Å². The first-order chi connectivity index (χ1) is 2.41. The van der Waals surface area contributed by atoms with Crippen molar-refractivity contribution in [3.8, 4) is 11.8 Å². The van der Waals surface area contributed by atoms with Crippen LogP contribution in [-0.2, 0) is 0 Å². The molecule has 0 rings (SSSR count). The van der Waals surface area contributed by atoms with Crippen LogP contribution in [0.15, 0.2) is 0 Å². The van der Waals surface area contributed by atoms with Crippen LogP contribution in [-0.4, -0.2) is 0 Å². The van der Waals surface area contributed by atoms with Crippen LogP contribution in [0.4, 0.5) is 0 Å². The zero-order valence-corrected chi connectivity index (χ0v) is 3.71. The summed E-state index contributed by atoms with van der Waals surface area (Å²) >= 11 is 0. The predicted molar refractivity (Wildman–Crippen MR) is 24.9 cm³/mol. The third kappa shape index (κ3) is 3.56. The van der Waals surface area contributed by atoms with E-state index >= 15 is 0 Å². The number of hydrogen-bond donors (Lipinski definition) is 0. The highest BCUT2D eigenvalue weighted by molar-refractivity contribution is 4.92. The van der Waals surface area contributed by atoms with E-state index in [-0.39, 0.29) is 1.43 Å². The van der Waals surface area contributed by atoms with Crippen molar-refractivity contribution in [1.82, 2.24) is 0 Å². The Morgan fingerprint density at radius 1 is 1.80 bits per heavy atom. The molecule has 0 bridgehead atoms. The van der Waals surface area contributed by atoms with Crippen molar-refractivity contribution < 1.29 is 1.43 Å². The Hall–Kier alpha value is -0.440. The first-order valence-corrected chi connectivity index (χ1v) is 1.81. The summed E-state index contributed by atoms with van der Waals surface area (Å²) in [4.78, 5) is 0. The zero-order chi connectivity index (χ0) is 4.12. The highest BCUT2D eigenvalue weighted by Gasteiger charge is 1.48. The molecular formula is C5H9-. The van der Waals surface area contributed by atoms with Crippen LogP contribution in [0.25, 0.3) is 0 Å². The summed E-state index contributed by atoms with van der Waals surface area (Å²) in [6.45, 7) is 3.89. The molecule has 0 aliphatic heterocycles. The molecular weight excluding hydrogens is 60.1 g/mol. The van der Waals surface area contributed by atoms with Crippen LogP contribution < -0.4 is 0 Å². The summed E-state index contributed by atoms with van der Waals surface area (Å²) in [5.74, 6) is 5.63. The average molecular weight is 70.1 g/mol. The van der Waals surface area contributed by atoms with E-state index in [1.807, 2.05) is 13.8 Å². The van der Waals surface area contributed by atoms with E-state index in [0.717, 1.165) is 6.42 Å². The number of rotatable bonds is 0. The molecule has 0 atom stereocenters. The SMILES string of the molecule is CC#CCC.[2H-]. The van der Waals surface area contributed by atoms with Crippen molar-refractivity contribution in [2.45, 2.75) is 20.3 Å². The second-order valence-corrected chi connectivity index (χ2v) is 0.780. The molecule has 30 valence electrons. The maximum atomic E-state index is 2.86. The van der Waals surface area contributed by atoms with Gasteiger partial charge in [0.2, 0.25) is 0 Å². The summed E-state index contributed by atoms with van der Waals surface area (Å²) < 4.78 is 0. The fourth-order valence-corrected chi connectivity index (χ4v) is 0.177. The van der Waals surface area contributed by atoms with Gasteiger partial charge in [0.05, 0.1) is 0 Å². The van der Waals surface area contributed by atoms with E-state index < -0.39 is 0 Å². The molecule has 0 aromatic heterocycles. The average Bonchev–Trinajstić information content (AvgIpc) is 1.41. The van der Waals surface area contributed by atoms with Crippen molar-refractivity contribution in [2.75, 3.05) is 0 Å². The van der Waals surface area contributed by atoms with Gasteiger partial charge < -0.3 is 1.43 Å². The lowest BCUT2D eigenvalue weighted by Crippen LogP contribution is -1.45. The third-order valence-electron chi connectivity index (χ3n) is 0.354. The monoisotopic (exact) mass is 70.1 g/mol. The Bertz CT molecular complexity index is 56.1. The van der Waals surface area contributed by atoms with Crippen LogP contribution >= 0.6 is 0 Å². The van der Waals surface area contributed by atoms with Gasteiger partial charge in [-0.1, -0.05) is 6.92 Å². The fourth-order valence-electron chi connectivity index (χ4n) is 0.177. The summed E-state index contributed by atoms with van der Waals surface area (Å²) in [5, 5.41) is 0. The molecule has 0 unspecified atom stereocenters. The lowest BCUT2D eigenvalue weighted by atomic mass is 10.5. The van der Waals surface area contributed by atoms with Crippen LogP contribution in [0.5, 0.6) is 0 Å². The minimum Gasteiger partial charge on any atom is -1.00 e. The van der Waals surface area contributed by atoms with E-state index in [1.54, 1.807) is 0 Å². The molecule has 0 heteroatoms. The highest BCUT2D eigenvalue weighted by Crippen LogP contribution is 1.62. The van der Waals surface area contributed by atoms with E-state index in [0.29, 0.717) is 0 Å². The van der Waals surface area contributed by atoms with Gasteiger partial charge in [-0.2, -0.15) is 0 Å². The van der Waals surface area contributed by atoms with Crippen LogP contribution in [0.2, 0.25) is 0 Å². The summed E-state index contributed by atoms with van der Waals surface area (Å²) in [6, 6.07) is 0.